The summed E-state index contributed by atoms with van der Waals surface area (Å²) in [4.78, 5) is 4.22. The van der Waals surface area contributed by atoms with Gasteiger partial charge < -0.3 is 11.5 Å². The summed E-state index contributed by atoms with van der Waals surface area (Å²) in [6, 6.07) is 0. The number of rotatable bonds is 6. The van der Waals surface area contributed by atoms with Crippen LogP contribution in [0, 0.1) is 11.8 Å². The van der Waals surface area contributed by atoms with Gasteiger partial charge in [-0.25, -0.2) is 4.99 Å². The van der Waals surface area contributed by atoms with Crippen molar-refractivity contribution in [1.82, 2.24) is 0 Å². The third-order valence-electron chi connectivity index (χ3n) is 2.73. The second-order valence-electron chi connectivity index (χ2n) is 4.27. The van der Waals surface area contributed by atoms with Crippen molar-refractivity contribution in [2.24, 2.45) is 28.3 Å². The van der Waals surface area contributed by atoms with Gasteiger partial charge in [-0.1, -0.05) is 38.1 Å². The van der Waals surface area contributed by atoms with Crippen molar-refractivity contribution < 1.29 is 0 Å². The molecule has 0 spiro atoms. The predicted octanol–water partition coefficient (Wildman–Crippen LogP) is 3.13. The molecule has 2 unspecified atom stereocenters. The van der Waals surface area contributed by atoms with Crippen LogP contribution in [0.1, 0.15) is 27.2 Å². The van der Waals surface area contributed by atoms with E-state index in [1.54, 1.807) is 6.92 Å². The minimum Gasteiger partial charge on any atom is -0.397 e. The highest BCUT2D eigenvalue weighted by Crippen LogP contribution is 2.23. The first-order valence-corrected chi connectivity index (χ1v) is 5.94. The molecule has 0 aliphatic heterocycles. The van der Waals surface area contributed by atoms with Gasteiger partial charge in [0.1, 0.15) is 5.17 Å². The standard InChI is InChI=1S/C13H22ClN3/c1-6-8(2)9(3)7-12(17-11(5)14)13(16)10(4)15/h6,8-9H,1,4,7,15-16H2,2-3,5H3/b13-12+,17-11?. The molecule has 0 rings (SSSR count). The normalized spacial score (nSPS) is 17.1. The van der Waals surface area contributed by atoms with Gasteiger partial charge in [0.2, 0.25) is 0 Å². The van der Waals surface area contributed by atoms with Crippen LogP contribution in [-0.2, 0) is 0 Å². The van der Waals surface area contributed by atoms with Crippen LogP contribution in [0.5, 0.6) is 0 Å². The molecule has 0 aromatic rings. The first-order valence-electron chi connectivity index (χ1n) is 5.56. The van der Waals surface area contributed by atoms with Crippen LogP contribution < -0.4 is 11.5 Å². The van der Waals surface area contributed by atoms with Gasteiger partial charge in [0.15, 0.2) is 0 Å². The SMILES string of the molecule is C=CC(C)C(C)C/C(N=C(C)Cl)=C(\N)C(=C)N. The molecule has 0 bridgehead atoms. The van der Waals surface area contributed by atoms with Gasteiger partial charge in [-0.15, -0.1) is 6.58 Å². The number of halogens is 1. The topological polar surface area (TPSA) is 64.4 Å². The van der Waals surface area contributed by atoms with E-state index in [0.717, 1.165) is 0 Å². The molecule has 4 heteroatoms. The minimum absolute atomic E-state index is 0.320. The van der Waals surface area contributed by atoms with Gasteiger partial charge in [0.25, 0.3) is 0 Å². The largest absolute Gasteiger partial charge is 0.397 e. The maximum atomic E-state index is 5.86. The second kappa shape index (κ2) is 7.17. The Balaban J connectivity index is 5.11. The van der Waals surface area contributed by atoms with E-state index in [2.05, 4.69) is 32.0 Å². The van der Waals surface area contributed by atoms with Gasteiger partial charge in [0.05, 0.1) is 11.4 Å². The van der Waals surface area contributed by atoms with Gasteiger partial charge in [-0.05, 0) is 25.2 Å². The number of allylic oxidation sites excluding steroid dienone is 2. The third kappa shape index (κ3) is 5.59. The summed E-state index contributed by atoms with van der Waals surface area (Å²) >= 11 is 5.79. The fourth-order valence-corrected chi connectivity index (χ4v) is 1.41. The molecule has 0 aromatic carbocycles. The molecule has 0 aliphatic carbocycles. The Morgan fingerprint density at radius 3 is 2.29 bits per heavy atom. The molecule has 0 saturated carbocycles. The van der Waals surface area contributed by atoms with Crippen molar-refractivity contribution in [3.05, 3.63) is 36.3 Å². The molecule has 3 nitrogen and oxygen atoms in total. The van der Waals surface area contributed by atoms with Gasteiger partial charge in [-0.3, -0.25) is 0 Å². The fourth-order valence-electron chi connectivity index (χ4n) is 1.31. The van der Waals surface area contributed by atoms with E-state index in [-0.39, 0.29) is 0 Å². The van der Waals surface area contributed by atoms with Crippen molar-refractivity contribution >= 4 is 16.8 Å². The Morgan fingerprint density at radius 2 is 1.94 bits per heavy atom. The van der Waals surface area contributed by atoms with Gasteiger partial charge >= 0.3 is 0 Å². The zero-order chi connectivity index (χ0) is 13.6. The van der Waals surface area contributed by atoms with Gasteiger partial charge in [0, 0.05) is 5.70 Å². The average molecular weight is 256 g/mol. The van der Waals surface area contributed by atoms with Crippen LogP contribution in [0.4, 0.5) is 0 Å². The van der Waals surface area contributed by atoms with E-state index in [1.807, 2.05) is 6.08 Å². The van der Waals surface area contributed by atoms with Crippen LogP contribution in [0.3, 0.4) is 0 Å². The summed E-state index contributed by atoms with van der Waals surface area (Å²) in [5.74, 6) is 0.731. The van der Waals surface area contributed by atoms with E-state index in [4.69, 9.17) is 23.1 Å². The third-order valence-corrected chi connectivity index (χ3v) is 2.82. The summed E-state index contributed by atoms with van der Waals surface area (Å²) in [5.41, 5.74) is 12.9. The molecule has 0 saturated heterocycles. The highest BCUT2D eigenvalue weighted by atomic mass is 35.5. The van der Waals surface area contributed by atoms with Crippen LogP contribution in [0.15, 0.2) is 41.3 Å². The molecule has 0 radical (unpaired) electrons. The Hall–Kier alpha value is -1.22. The lowest BCUT2D eigenvalue weighted by molar-refractivity contribution is 0.454. The second-order valence-corrected chi connectivity index (χ2v) is 4.82. The molecule has 2 atom stereocenters. The van der Waals surface area contributed by atoms with E-state index >= 15 is 0 Å². The number of nitrogens with zero attached hydrogens (tertiary/aromatic N) is 1. The molecule has 0 amide bonds. The first kappa shape index (κ1) is 15.8. The number of nitrogens with two attached hydrogens (primary N) is 2. The van der Waals surface area contributed by atoms with Crippen LogP contribution in [-0.4, -0.2) is 5.17 Å². The van der Waals surface area contributed by atoms with Crippen molar-refractivity contribution in [3.8, 4) is 0 Å². The lowest BCUT2D eigenvalue weighted by Gasteiger charge is -2.18. The number of hydrogen-bond donors (Lipinski definition) is 2. The highest BCUT2D eigenvalue weighted by Gasteiger charge is 2.14. The molecule has 96 valence electrons. The van der Waals surface area contributed by atoms with Crippen molar-refractivity contribution in [1.29, 1.82) is 0 Å². The summed E-state index contributed by atoms with van der Waals surface area (Å²) in [6.07, 6.45) is 2.60. The first-order chi connectivity index (χ1) is 7.79. The highest BCUT2D eigenvalue weighted by molar-refractivity contribution is 6.64. The summed E-state index contributed by atoms with van der Waals surface area (Å²) < 4.78 is 0. The van der Waals surface area contributed by atoms with Crippen LogP contribution >= 0.6 is 11.6 Å². The quantitative estimate of drug-likeness (QED) is 0.435. The van der Waals surface area contributed by atoms with E-state index < -0.39 is 0 Å². The molecule has 0 fully saturated rings. The maximum Gasteiger partial charge on any atom is 0.103 e. The van der Waals surface area contributed by atoms with E-state index in [1.165, 1.54) is 0 Å². The molecule has 0 aromatic heterocycles. The van der Waals surface area contributed by atoms with E-state index in [9.17, 15) is 0 Å². The Kier molecular flexibility index (Phi) is 6.66. The van der Waals surface area contributed by atoms with Gasteiger partial charge in [-0.2, -0.15) is 0 Å². The smallest absolute Gasteiger partial charge is 0.103 e. The molecule has 0 aliphatic rings. The Bertz CT molecular complexity index is 352. The van der Waals surface area contributed by atoms with E-state index in [0.29, 0.717) is 40.5 Å². The van der Waals surface area contributed by atoms with Crippen molar-refractivity contribution in [2.75, 3.05) is 0 Å². The zero-order valence-corrected chi connectivity index (χ0v) is 11.6. The molecular formula is C13H22ClN3. The fraction of sp³-hybridized carbons (Fsp3) is 0.462. The summed E-state index contributed by atoms with van der Waals surface area (Å²) in [6.45, 7) is 13.3. The zero-order valence-electron chi connectivity index (χ0n) is 10.8. The monoisotopic (exact) mass is 255 g/mol. The Labute approximate surface area is 109 Å². The van der Waals surface area contributed by atoms with Crippen molar-refractivity contribution in [3.63, 3.8) is 0 Å². The number of aliphatic imine (C=N–C) groups is 1. The summed E-state index contributed by atoms with van der Waals surface area (Å²) in [7, 11) is 0. The molecule has 0 heterocycles. The number of hydrogen-bond acceptors (Lipinski definition) is 3. The van der Waals surface area contributed by atoms with Crippen LogP contribution in [0.25, 0.3) is 0 Å². The summed E-state index contributed by atoms with van der Waals surface area (Å²) in [5, 5.41) is 0.433. The molecule has 17 heavy (non-hydrogen) atoms. The predicted molar refractivity (Wildman–Crippen MR) is 76.6 cm³/mol. The molecule has 4 N–H and O–H groups in total. The van der Waals surface area contributed by atoms with Crippen molar-refractivity contribution in [2.45, 2.75) is 27.2 Å². The maximum absolute atomic E-state index is 5.86. The lowest BCUT2D eigenvalue weighted by Crippen LogP contribution is -2.14. The average Bonchev–Trinajstić information content (AvgIpc) is 2.24. The van der Waals surface area contributed by atoms with Crippen LogP contribution in [0.2, 0.25) is 0 Å². The Morgan fingerprint density at radius 1 is 1.41 bits per heavy atom. The lowest BCUT2D eigenvalue weighted by atomic mass is 9.91. The molecular weight excluding hydrogens is 234 g/mol. The minimum atomic E-state index is 0.320.